The molecule has 0 amide bonds. The van der Waals surface area contributed by atoms with E-state index in [2.05, 4.69) is 21.2 Å². The molecule has 0 aliphatic carbocycles. The van der Waals surface area contributed by atoms with E-state index in [0.717, 1.165) is 4.47 Å². The topological polar surface area (TPSA) is 83.5 Å². The third-order valence-corrected chi connectivity index (χ3v) is 5.38. The van der Waals surface area contributed by atoms with Gasteiger partial charge in [-0.1, -0.05) is 33.6 Å². The van der Waals surface area contributed by atoms with Crippen molar-refractivity contribution in [3.05, 3.63) is 33.3 Å². The summed E-state index contributed by atoms with van der Waals surface area (Å²) in [6, 6.07) is 3.35. The van der Waals surface area contributed by atoms with Crippen LogP contribution in [0.1, 0.15) is 11.6 Å². The van der Waals surface area contributed by atoms with Crippen molar-refractivity contribution in [2.45, 2.75) is 12.1 Å². The third kappa shape index (κ3) is 3.47. The molecule has 1 heterocycles. The molecule has 1 fully saturated rings. The van der Waals surface area contributed by atoms with Crippen molar-refractivity contribution in [1.82, 2.24) is 5.32 Å². The molecular weight excluding hydrogens is 358 g/mol. The Morgan fingerprint density at radius 1 is 1.42 bits per heavy atom. The fourth-order valence-corrected chi connectivity index (χ4v) is 4.49. The van der Waals surface area contributed by atoms with E-state index in [9.17, 15) is 13.2 Å². The highest BCUT2D eigenvalue weighted by Gasteiger charge is 2.36. The zero-order chi connectivity index (χ0) is 14.2. The Morgan fingerprint density at radius 2 is 2.11 bits per heavy atom. The van der Waals surface area contributed by atoms with Gasteiger partial charge >= 0.3 is 5.97 Å². The van der Waals surface area contributed by atoms with Crippen molar-refractivity contribution in [2.75, 3.05) is 11.5 Å². The average molecular weight is 369 g/mol. The van der Waals surface area contributed by atoms with E-state index < -0.39 is 33.6 Å². The van der Waals surface area contributed by atoms with Gasteiger partial charge in [0.15, 0.2) is 9.84 Å². The second-order valence-corrected chi connectivity index (χ2v) is 7.83. The number of hydrogen-bond donors (Lipinski definition) is 2. The second-order valence-electron chi connectivity index (χ2n) is 4.35. The van der Waals surface area contributed by atoms with Crippen LogP contribution in [-0.2, 0) is 14.6 Å². The number of carbonyl (C=O) groups is 1. The van der Waals surface area contributed by atoms with Gasteiger partial charge in [-0.15, -0.1) is 0 Å². The van der Waals surface area contributed by atoms with E-state index in [1.165, 1.54) is 0 Å². The van der Waals surface area contributed by atoms with Crippen LogP contribution in [0.3, 0.4) is 0 Å². The van der Waals surface area contributed by atoms with Gasteiger partial charge in [0.25, 0.3) is 0 Å². The molecule has 2 rings (SSSR count). The lowest BCUT2D eigenvalue weighted by Crippen LogP contribution is -2.51. The molecule has 1 aliphatic rings. The Kier molecular flexibility index (Phi) is 4.20. The lowest BCUT2D eigenvalue weighted by atomic mass is 10.1. The van der Waals surface area contributed by atoms with E-state index in [1.807, 2.05) is 0 Å². The minimum Gasteiger partial charge on any atom is -0.480 e. The molecule has 2 N–H and O–H groups in total. The molecule has 2 atom stereocenters. The van der Waals surface area contributed by atoms with Crippen molar-refractivity contribution < 1.29 is 18.3 Å². The Morgan fingerprint density at radius 3 is 2.68 bits per heavy atom. The minimum absolute atomic E-state index is 0.155. The predicted octanol–water partition coefficient (Wildman–Crippen LogP) is 1.61. The molecule has 1 saturated heterocycles. The van der Waals surface area contributed by atoms with E-state index >= 15 is 0 Å². The normalized spacial score (nSPS) is 26.0. The molecule has 0 spiro atoms. The molecule has 8 heteroatoms. The first-order chi connectivity index (χ1) is 8.78. The number of carboxylic acids is 1. The van der Waals surface area contributed by atoms with Crippen LogP contribution in [0.2, 0.25) is 5.02 Å². The maximum absolute atomic E-state index is 11.8. The zero-order valence-corrected chi connectivity index (χ0v) is 12.8. The van der Waals surface area contributed by atoms with Crippen LogP contribution in [0.15, 0.2) is 22.7 Å². The molecule has 1 aromatic carbocycles. The molecular formula is C11H11BrClNO4S. The fraction of sp³-hybridized carbons (Fsp3) is 0.364. The Bertz CT molecular complexity index is 619. The van der Waals surface area contributed by atoms with Crippen LogP contribution >= 0.6 is 27.5 Å². The lowest BCUT2D eigenvalue weighted by Gasteiger charge is -2.29. The molecule has 0 radical (unpaired) electrons. The number of sulfone groups is 1. The molecule has 2 unspecified atom stereocenters. The Hall–Kier alpha value is -0.630. The maximum atomic E-state index is 11.8. The standard InChI is InChI=1S/C11H11BrClNO4S/c12-6-1-2-7(8(13)3-6)9-4-19(17,18)5-10(14-9)11(15)16/h1-3,9-10,14H,4-5H2,(H,15,16). The zero-order valence-electron chi connectivity index (χ0n) is 9.64. The summed E-state index contributed by atoms with van der Waals surface area (Å²) in [5, 5.41) is 12.2. The first kappa shape index (κ1) is 14.8. The van der Waals surface area contributed by atoms with Crippen LogP contribution in [0.25, 0.3) is 0 Å². The van der Waals surface area contributed by atoms with Gasteiger partial charge in [-0.05, 0) is 17.7 Å². The summed E-state index contributed by atoms with van der Waals surface area (Å²) in [4.78, 5) is 11.0. The van der Waals surface area contributed by atoms with Crippen molar-refractivity contribution >= 4 is 43.3 Å². The first-order valence-corrected chi connectivity index (χ1v) is 8.42. The van der Waals surface area contributed by atoms with Gasteiger partial charge in [-0.25, -0.2) is 8.42 Å². The average Bonchev–Trinajstić information content (AvgIpc) is 2.26. The summed E-state index contributed by atoms with van der Waals surface area (Å²) >= 11 is 9.33. The molecule has 0 bridgehead atoms. The quantitative estimate of drug-likeness (QED) is 0.829. The molecule has 0 aromatic heterocycles. The highest BCUT2D eigenvalue weighted by atomic mass is 79.9. The fourth-order valence-electron chi connectivity index (χ4n) is 2.02. The number of benzene rings is 1. The number of carboxylic acid groups (broad SMARTS) is 1. The monoisotopic (exact) mass is 367 g/mol. The van der Waals surface area contributed by atoms with Gasteiger partial charge in [-0.3, -0.25) is 10.1 Å². The summed E-state index contributed by atoms with van der Waals surface area (Å²) in [5.74, 6) is -1.73. The molecule has 104 valence electrons. The second kappa shape index (κ2) is 5.40. The first-order valence-electron chi connectivity index (χ1n) is 5.43. The lowest BCUT2D eigenvalue weighted by molar-refractivity contribution is -0.139. The minimum atomic E-state index is -3.41. The summed E-state index contributed by atoms with van der Waals surface area (Å²) in [5.41, 5.74) is 0.583. The Labute approximate surface area is 124 Å². The van der Waals surface area contributed by atoms with Crippen molar-refractivity contribution in [2.24, 2.45) is 0 Å². The molecule has 1 aromatic rings. The molecule has 19 heavy (non-hydrogen) atoms. The molecule has 0 saturated carbocycles. The smallest absolute Gasteiger partial charge is 0.321 e. The summed E-state index contributed by atoms with van der Waals surface area (Å²) in [6.45, 7) is 0. The number of aliphatic carboxylic acids is 1. The Balaban J connectivity index is 2.36. The van der Waals surface area contributed by atoms with Crippen LogP contribution < -0.4 is 5.32 Å². The summed E-state index contributed by atoms with van der Waals surface area (Å²) in [6.07, 6.45) is 0. The van der Waals surface area contributed by atoms with Crippen LogP contribution in [-0.4, -0.2) is 37.0 Å². The summed E-state index contributed by atoms with van der Waals surface area (Å²) in [7, 11) is -3.41. The highest BCUT2D eigenvalue weighted by molar-refractivity contribution is 9.10. The van der Waals surface area contributed by atoms with Crippen LogP contribution in [0.4, 0.5) is 0 Å². The van der Waals surface area contributed by atoms with Crippen molar-refractivity contribution in [3.8, 4) is 0 Å². The number of halogens is 2. The maximum Gasteiger partial charge on any atom is 0.321 e. The predicted molar refractivity (Wildman–Crippen MR) is 75.1 cm³/mol. The van der Waals surface area contributed by atoms with Gasteiger partial charge < -0.3 is 5.11 Å². The largest absolute Gasteiger partial charge is 0.480 e. The third-order valence-electron chi connectivity index (χ3n) is 2.88. The van der Waals surface area contributed by atoms with Gasteiger partial charge in [0, 0.05) is 15.5 Å². The van der Waals surface area contributed by atoms with Crippen LogP contribution in [0, 0.1) is 0 Å². The van der Waals surface area contributed by atoms with E-state index in [-0.39, 0.29) is 5.75 Å². The SMILES string of the molecule is O=C(O)C1CS(=O)(=O)CC(c2ccc(Br)cc2Cl)N1. The van der Waals surface area contributed by atoms with Gasteiger partial charge in [0.2, 0.25) is 0 Å². The van der Waals surface area contributed by atoms with Gasteiger partial charge in [0.1, 0.15) is 6.04 Å². The van der Waals surface area contributed by atoms with Crippen molar-refractivity contribution in [3.63, 3.8) is 0 Å². The number of rotatable bonds is 2. The van der Waals surface area contributed by atoms with Gasteiger partial charge in [0.05, 0.1) is 11.5 Å². The van der Waals surface area contributed by atoms with Crippen LogP contribution in [0.5, 0.6) is 0 Å². The van der Waals surface area contributed by atoms with Crippen molar-refractivity contribution in [1.29, 1.82) is 0 Å². The van der Waals surface area contributed by atoms with E-state index in [0.29, 0.717) is 10.6 Å². The van der Waals surface area contributed by atoms with E-state index in [4.69, 9.17) is 16.7 Å². The van der Waals surface area contributed by atoms with Gasteiger partial charge in [-0.2, -0.15) is 0 Å². The summed E-state index contributed by atoms with van der Waals surface area (Å²) < 4.78 is 24.3. The number of hydrogen-bond acceptors (Lipinski definition) is 4. The number of nitrogens with one attached hydrogen (secondary N) is 1. The molecule has 5 nitrogen and oxygen atoms in total. The molecule has 1 aliphatic heterocycles. The van der Waals surface area contributed by atoms with E-state index in [1.54, 1.807) is 18.2 Å². The highest BCUT2D eigenvalue weighted by Crippen LogP contribution is 2.29.